The average Bonchev–Trinajstić information content (AvgIpc) is 2.37. The number of halogens is 1. The molecule has 1 unspecified atom stereocenters. The van der Waals surface area contributed by atoms with Gasteiger partial charge in [-0.2, -0.15) is 4.34 Å². The van der Waals surface area contributed by atoms with Crippen molar-refractivity contribution in [3.63, 3.8) is 0 Å². The van der Waals surface area contributed by atoms with E-state index in [9.17, 15) is 0 Å². The van der Waals surface area contributed by atoms with Gasteiger partial charge in [0.1, 0.15) is 0 Å². The van der Waals surface area contributed by atoms with Gasteiger partial charge in [-0.3, -0.25) is 0 Å². The summed E-state index contributed by atoms with van der Waals surface area (Å²) in [5.74, 6) is 0. The van der Waals surface area contributed by atoms with Gasteiger partial charge in [-0.15, -0.1) is 0 Å². The van der Waals surface area contributed by atoms with Gasteiger partial charge in [-0.25, -0.2) is 5.50 Å². The van der Waals surface area contributed by atoms with E-state index in [1.54, 1.807) is 0 Å². The van der Waals surface area contributed by atoms with Crippen molar-refractivity contribution in [3.05, 3.63) is 54.7 Å². The van der Waals surface area contributed by atoms with Crippen LogP contribution in [0.25, 0.3) is 21.7 Å². The first-order valence-corrected chi connectivity index (χ1v) is 7.57. The molecular formula is C13H11ClN2P+. The van der Waals surface area contributed by atoms with Crippen molar-refractivity contribution in [2.45, 2.75) is 0 Å². The van der Waals surface area contributed by atoms with Gasteiger partial charge in [-0.1, -0.05) is 30.3 Å². The molecule has 84 valence electrons. The summed E-state index contributed by atoms with van der Waals surface area (Å²) in [6, 6.07) is 16.5. The molecule has 1 aromatic heterocycles. The quantitative estimate of drug-likeness (QED) is 0.527. The van der Waals surface area contributed by atoms with E-state index in [0.717, 1.165) is 10.9 Å². The van der Waals surface area contributed by atoms with Crippen molar-refractivity contribution in [2.75, 3.05) is 0 Å². The Hall–Kier alpha value is -1.21. The fourth-order valence-electron chi connectivity index (χ4n) is 2.12. The van der Waals surface area contributed by atoms with Gasteiger partial charge in [0.2, 0.25) is 5.52 Å². The predicted molar refractivity (Wildman–Crippen MR) is 74.0 cm³/mol. The molecule has 2 N–H and O–H groups in total. The van der Waals surface area contributed by atoms with Gasteiger partial charge in [0.05, 0.1) is 5.39 Å². The fraction of sp³-hybridized carbons (Fsp3) is 0. The molecule has 0 aliphatic carbocycles. The lowest BCUT2D eigenvalue weighted by Gasteiger charge is -2.05. The third-order valence-corrected chi connectivity index (χ3v) is 4.10. The smallest absolute Gasteiger partial charge is 0.240 e. The van der Waals surface area contributed by atoms with Crippen LogP contribution < -0.4 is 9.84 Å². The van der Waals surface area contributed by atoms with Gasteiger partial charge >= 0.3 is 7.58 Å². The first kappa shape index (κ1) is 10.9. The van der Waals surface area contributed by atoms with Gasteiger partial charge in [-0.05, 0) is 23.4 Å². The zero-order valence-electron chi connectivity index (χ0n) is 9.05. The fourth-order valence-corrected chi connectivity index (χ4v) is 3.11. The first-order chi connectivity index (χ1) is 8.27. The second-order valence-electron chi connectivity index (χ2n) is 3.87. The molecule has 0 radical (unpaired) electrons. The molecule has 0 aliphatic heterocycles. The number of nitrogens with two attached hydrogens (primary N) is 1. The van der Waals surface area contributed by atoms with Crippen LogP contribution in [0.2, 0.25) is 0 Å². The molecule has 0 saturated carbocycles. The molecule has 3 rings (SSSR count). The Morgan fingerprint density at radius 1 is 0.941 bits per heavy atom. The SMILES string of the molecule is NP(Cl)[n+]1cc2ccccc2c2ccccc21. The third kappa shape index (κ3) is 1.79. The Morgan fingerprint density at radius 2 is 1.59 bits per heavy atom. The standard InChI is InChI=1S/C13H11ClN2P/c14-17(15)16-9-10-5-1-2-6-11(10)12-7-3-4-8-13(12)16/h1-9H,15H2/q+1. The summed E-state index contributed by atoms with van der Waals surface area (Å²) in [5.41, 5.74) is 6.94. The van der Waals surface area contributed by atoms with Crippen molar-refractivity contribution in [1.29, 1.82) is 0 Å². The number of benzene rings is 2. The summed E-state index contributed by atoms with van der Waals surface area (Å²) in [6.45, 7) is 0. The van der Waals surface area contributed by atoms with E-state index in [4.69, 9.17) is 16.7 Å². The molecule has 3 aromatic rings. The Balaban J connectivity index is 2.55. The molecule has 0 saturated heterocycles. The van der Waals surface area contributed by atoms with Crippen LogP contribution in [0.15, 0.2) is 54.7 Å². The molecule has 0 fully saturated rings. The monoisotopic (exact) mass is 261 g/mol. The number of aromatic nitrogens is 1. The Morgan fingerprint density at radius 3 is 2.35 bits per heavy atom. The number of rotatable bonds is 1. The van der Waals surface area contributed by atoms with Crippen LogP contribution in [-0.4, -0.2) is 0 Å². The van der Waals surface area contributed by atoms with E-state index in [2.05, 4.69) is 18.2 Å². The minimum atomic E-state index is -1.18. The summed E-state index contributed by atoms with van der Waals surface area (Å²) in [4.78, 5) is 0. The van der Waals surface area contributed by atoms with Gasteiger partial charge in [0.25, 0.3) is 0 Å². The Bertz CT molecular complexity index is 697. The highest BCUT2D eigenvalue weighted by Crippen LogP contribution is 2.30. The molecule has 0 bridgehead atoms. The maximum atomic E-state index is 6.09. The molecule has 1 atom stereocenters. The minimum absolute atomic E-state index is 1.08. The molecule has 17 heavy (non-hydrogen) atoms. The zero-order chi connectivity index (χ0) is 11.8. The van der Waals surface area contributed by atoms with Crippen LogP contribution in [0.4, 0.5) is 0 Å². The number of hydrogen-bond donors (Lipinski definition) is 1. The maximum Gasteiger partial charge on any atom is 0.368 e. The molecule has 0 amide bonds. The van der Waals surface area contributed by atoms with Crippen molar-refractivity contribution in [1.82, 2.24) is 0 Å². The van der Waals surface area contributed by atoms with Crippen LogP contribution in [0, 0.1) is 0 Å². The van der Waals surface area contributed by atoms with E-state index < -0.39 is 7.58 Å². The van der Waals surface area contributed by atoms with Crippen molar-refractivity contribution in [2.24, 2.45) is 5.50 Å². The number of fused-ring (bicyclic) bond motifs is 3. The summed E-state index contributed by atoms with van der Waals surface area (Å²) >= 11 is 6.09. The number of para-hydroxylation sites is 1. The number of hydrogen-bond acceptors (Lipinski definition) is 1. The van der Waals surface area contributed by atoms with Gasteiger partial charge in [0.15, 0.2) is 6.20 Å². The first-order valence-electron chi connectivity index (χ1n) is 5.30. The Kier molecular flexibility index (Phi) is 2.71. The van der Waals surface area contributed by atoms with E-state index in [0.29, 0.717) is 0 Å². The molecule has 4 heteroatoms. The van der Waals surface area contributed by atoms with Gasteiger partial charge in [0, 0.05) is 16.8 Å². The maximum absolute atomic E-state index is 6.09. The summed E-state index contributed by atoms with van der Waals surface area (Å²) in [7, 11) is -1.18. The van der Waals surface area contributed by atoms with E-state index in [1.807, 2.05) is 40.9 Å². The number of nitrogens with zero attached hydrogens (tertiary/aromatic N) is 1. The highest BCUT2D eigenvalue weighted by Gasteiger charge is 2.18. The summed E-state index contributed by atoms with van der Waals surface area (Å²) in [6.07, 6.45) is 2.02. The summed E-state index contributed by atoms with van der Waals surface area (Å²) < 4.78 is 1.95. The molecule has 2 nitrogen and oxygen atoms in total. The highest BCUT2D eigenvalue weighted by atomic mass is 35.7. The predicted octanol–water partition coefficient (Wildman–Crippen LogP) is 3.55. The molecular weight excluding hydrogens is 251 g/mol. The molecule has 2 aromatic carbocycles. The van der Waals surface area contributed by atoms with E-state index in [1.165, 1.54) is 10.8 Å². The van der Waals surface area contributed by atoms with Crippen molar-refractivity contribution in [3.8, 4) is 0 Å². The van der Waals surface area contributed by atoms with Crippen LogP contribution in [-0.2, 0) is 0 Å². The highest BCUT2D eigenvalue weighted by molar-refractivity contribution is 7.76. The lowest BCUT2D eigenvalue weighted by Crippen LogP contribution is -2.29. The van der Waals surface area contributed by atoms with Crippen molar-refractivity contribution >= 4 is 40.5 Å². The number of pyridine rings is 1. The molecule has 0 spiro atoms. The van der Waals surface area contributed by atoms with Crippen LogP contribution >= 0.6 is 18.8 Å². The zero-order valence-corrected chi connectivity index (χ0v) is 10.7. The Labute approximate surface area is 105 Å². The lowest BCUT2D eigenvalue weighted by atomic mass is 10.1. The van der Waals surface area contributed by atoms with Crippen molar-refractivity contribution < 1.29 is 4.34 Å². The summed E-state index contributed by atoms with van der Waals surface area (Å²) in [5, 5.41) is 3.57. The third-order valence-electron chi connectivity index (χ3n) is 2.87. The largest absolute Gasteiger partial charge is 0.368 e. The second kappa shape index (κ2) is 4.23. The van der Waals surface area contributed by atoms with E-state index >= 15 is 0 Å². The van der Waals surface area contributed by atoms with Crippen LogP contribution in [0.5, 0.6) is 0 Å². The normalized spacial score (nSPS) is 13.1. The van der Waals surface area contributed by atoms with Crippen LogP contribution in [0.3, 0.4) is 0 Å². The average molecular weight is 262 g/mol. The minimum Gasteiger partial charge on any atom is -0.240 e. The molecule has 0 aliphatic rings. The molecule has 1 heterocycles. The second-order valence-corrected chi connectivity index (χ2v) is 5.91. The lowest BCUT2D eigenvalue weighted by molar-refractivity contribution is -0.475. The van der Waals surface area contributed by atoms with Crippen LogP contribution in [0.1, 0.15) is 0 Å². The van der Waals surface area contributed by atoms with Gasteiger partial charge < -0.3 is 0 Å². The topological polar surface area (TPSA) is 29.9 Å². The van der Waals surface area contributed by atoms with E-state index in [-0.39, 0.29) is 0 Å².